The van der Waals surface area contributed by atoms with Gasteiger partial charge in [-0.15, -0.1) is 0 Å². The van der Waals surface area contributed by atoms with Crippen molar-refractivity contribution in [3.63, 3.8) is 0 Å². The van der Waals surface area contributed by atoms with Crippen LogP contribution in [0.1, 0.15) is 22.8 Å². The van der Waals surface area contributed by atoms with E-state index < -0.39 is 11.7 Å². The molecule has 0 aliphatic heterocycles. The van der Waals surface area contributed by atoms with Gasteiger partial charge in [-0.1, -0.05) is 30.3 Å². The lowest BCUT2D eigenvalue weighted by molar-refractivity contribution is -0.128. The number of rotatable bonds is 7. The van der Waals surface area contributed by atoms with Crippen LogP contribution < -0.4 is 5.32 Å². The molecule has 6 heteroatoms. The van der Waals surface area contributed by atoms with Crippen molar-refractivity contribution in [2.24, 2.45) is 0 Å². The molecule has 0 aliphatic rings. The monoisotopic (exact) mass is 346 g/mol. The van der Waals surface area contributed by atoms with Gasteiger partial charge in [0.15, 0.2) is 0 Å². The van der Waals surface area contributed by atoms with Crippen LogP contribution in [0.2, 0.25) is 0 Å². The van der Waals surface area contributed by atoms with Crippen molar-refractivity contribution >= 4 is 11.8 Å². The molecule has 2 rings (SSSR count). The summed E-state index contributed by atoms with van der Waals surface area (Å²) in [6.45, 7) is 2.21. The van der Waals surface area contributed by atoms with Crippen molar-refractivity contribution in [1.29, 1.82) is 0 Å². The molecule has 132 valence electrons. The minimum absolute atomic E-state index is 0.0387. The fourth-order valence-corrected chi connectivity index (χ4v) is 2.43. The van der Waals surface area contributed by atoms with E-state index in [1.807, 2.05) is 0 Å². The third kappa shape index (κ3) is 5.38. The molecule has 2 amide bonds. The van der Waals surface area contributed by atoms with E-state index >= 15 is 0 Å². The van der Waals surface area contributed by atoms with Crippen molar-refractivity contribution in [3.8, 4) is 0 Å². The van der Waals surface area contributed by atoms with Crippen LogP contribution in [0.4, 0.5) is 8.78 Å². The lowest BCUT2D eigenvalue weighted by Gasteiger charge is -2.21. The number of nitrogens with one attached hydrogen (secondary N) is 1. The summed E-state index contributed by atoms with van der Waals surface area (Å²) < 4.78 is 27.2. The number of amides is 2. The number of halogens is 2. The third-order valence-corrected chi connectivity index (χ3v) is 3.84. The standard InChI is InChI=1S/C19H20F2N2O2/c1-14(24)23(12-10-15-6-2-4-8-17(15)20)13-11-22-19(25)16-7-3-5-9-18(16)21/h2-9H,10-13H2,1H3,(H,22,25). The molecule has 0 radical (unpaired) electrons. The molecule has 0 aromatic heterocycles. The van der Waals surface area contributed by atoms with Gasteiger partial charge in [-0.25, -0.2) is 8.78 Å². The maximum Gasteiger partial charge on any atom is 0.254 e. The maximum atomic E-state index is 13.6. The summed E-state index contributed by atoms with van der Waals surface area (Å²) in [5.74, 6) is -1.60. The summed E-state index contributed by atoms with van der Waals surface area (Å²) in [5, 5.41) is 2.59. The van der Waals surface area contributed by atoms with Gasteiger partial charge in [-0.3, -0.25) is 9.59 Å². The lowest BCUT2D eigenvalue weighted by Crippen LogP contribution is -2.38. The Kier molecular flexibility index (Phi) is 6.62. The minimum Gasteiger partial charge on any atom is -0.350 e. The third-order valence-electron chi connectivity index (χ3n) is 3.84. The number of hydrogen-bond acceptors (Lipinski definition) is 2. The van der Waals surface area contributed by atoms with E-state index in [-0.39, 0.29) is 30.4 Å². The second kappa shape index (κ2) is 8.92. The van der Waals surface area contributed by atoms with Crippen LogP contribution >= 0.6 is 0 Å². The molecule has 2 aromatic rings. The number of carbonyl (C=O) groups excluding carboxylic acids is 2. The van der Waals surface area contributed by atoms with Crippen molar-refractivity contribution < 1.29 is 18.4 Å². The molecule has 0 saturated heterocycles. The van der Waals surface area contributed by atoms with Gasteiger partial charge in [0.25, 0.3) is 5.91 Å². The van der Waals surface area contributed by atoms with E-state index in [0.717, 1.165) is 0 Å². The summed E-state index contributed by atoms with van der Waals surface area (Å²) in [4.78, 5) is 25.2. The molecule has 1 N–H and O–H groups in total. The zero-order valence-corrected chi connectivity index (χ0v) is 14.0. The molecule has 0 aliphatic carbocycles. The first-order chi connectivity index (χ1) is 12.0. The molecule has 25 heavy (non-hydrogen) atoms. The molecule has 0 heterocycles. The van der Waals surface area contributed by atoms with Crippen molar-refractivity contribution in [2.45, 2.75) is 13.3 Å². The van der Waals surface area contributed by atoms with E-state index in [4.69, 9.17) is 0 Å². The highest BCUT2D eigenvalue weighted by Gasteiger charge is 2.13. The maximum absolute atomic E-state index is 13.6. The van der Waals surface area contributed by atoms with Gasteiger partial charge in [0.2, 0.25) is 5.91 Å². The first-order valence-corrected chi connectivity index (χ1v) is 8.00. The number of carbonyl (C=O) groups is 2. The average molecular weight is 346 g/mol. The topological polar surface area (TPSA) is 49.4 Å². The fraction of sp³-hybridized carbons (Fsp3) is 0.263. The SMILES string of the molecule is CC(=O)N(CCNC(=O)c1ccccc1F)CCc1ccccc1F. The van der Waals surface area contributed by atoms with E-state index in [1.54, 1.807) is 24.3 Å². The van der Waals surface area contributed by atoms with Gasteiger partial charge >= 0.3 is 0 Å². The van der Waals surface area contributed by atoms with E-state index in [2.05, 4.69) is 5.32 Å². The van der Waals surface area contributed by atoms with Gasteiger partial charge < -0.3 is 10.2 Å². The predicted molar refractivity (Wildman–Crippen MR) is 91.1 cm³/mol. The van der Waals surface area contributed by atoms with E-state index in [9.17, 15) is 18.4 Å². The molecule has 0 unspecified atom stereocenters. The Morgan fingerprint density at radius 1 is 0.960 bits per heavy atom. The highest BCUT2D eigenvalue weighted by molar-refractivity contribution is 5.94. The first kappa shape index (κ1) is 18.6. The van der Waals surface area contributed by atoms with Crippen LogP contribution in [0, 0.1) is 11.6 Å². The Morgan fingerprint density at radius 2 is 1.60 bits per heavy atom. The molecule has 2 aromatic carbocycles. The summed E-state index contributed by atoms with van der Waals surface area (Å²) in [7, 11) is 0. The van der Waals surface area contributed by atoms with Crippen LogP contribution in [0.25, 0.3) is 0 Å². The lowest BCUT2D eigenvalue weighted by atomic mass is 10.1. The molecular formula is C19H20F2N2O2. The van der Waals surface area contributed by atoms with Gasteiger partial charge in [0.1, 0.15) is 11.6 Å². The smallest absolute Gasteiger partial charge is 0.254 e. The highest BCUT2D eigenvalue weighted by Crippen LogP contribution is 2.08. The summed E-state index contributed by atoms with van der Waals surface area (Å²) in [6.07, 6.45) is 0.382. The second-order valence-corrected chi connectivity index (χ2v) is 5.58. The Hall–Kier alpha value is -2.76. The number of nitrogens with zero attached hydrogens (tertiary/aromatic N) is 1. The largest absolute Gasteiger partial charge is 0.350 e. The second-order valence-electron chi connectivity index (χ2n) is 5.58. The fourth-order valence-electron chi connectivity index (χ4n) is 2.43. The van der Waals surface area contributed by atoms with Gasteiger partial charge in [0, 0.05) is 26.6 Å². The van der Waals surface area contributed by atoms with Gasteiger partial charge in [-0.2, -0.15) is 0 Å². The number of hydrogen-bond donors (Lipinski definition) is 1. The van der Waals surface area contributed by atoms with Crippen molar-refractivity contribution in [3.05, 3.63) is 71.3 Å². The van der Waals surface area contributed by atoms with Crippen molar-refractivity contribution in [2.75, 3.05) is 19.6 Å². The minimum atomic E-state index is -0.594. The molecular weight excluding hydrogens is 326 g/mol. The summed E-state index contributed by atoms with van der Waals surface area (Å²) in [5.41, 5.74) is 0.493. The molecule has 0 fully saturated rings. The molecule has 0 spiro atoms. The van der Waals surface area contributed by atoms with Crippen LogP contribution in [-0.2, 0) is 11.2 Å². The van der Waals surface area contributed by atoms with Crippen LogP contribution in [0.5, 0.6) is 0 Å². The molecule has 0 atom stereocenters. The zero-order chi connectivity index (χ0) is 18.2. The van der Waals surface area contributed by atoms with E-state index in [0.29, 0.717) is 18.5 Å². The molecule has 0 bridgehead atoms. The predicted octanol–water partition coefficient (Wildman–Crippen LogP) is 2.79. The highest BCUT2D eigenvalue weighted by atomic mass is 19.1. The Bertz CT molecular complexity index is 750. The van der Waals surface area contributed by atoms with Crippen LogP contribution in [0.3, 0.4) is 0 Å². The Balaban J connectivity index is 1.86. The van der Waals surface area contributed by atoms with Crippen molar-refractivity contribution in [1.82, 2.24) is 10.2 Å². The first-order valence-electron chi connectivity index (χ1n) is 8.00. The normalized spacial score (nSPS) is 10.4. The zero-order valence-electron chi connectivity index (χ0n) is 14.0. The molecule has 4 nitrogen and oxygen atoms in total. The quantitative estimate of drug-likeness (QED) is 0.838. The van der Waals surface area contributed by atoms with Gasteiger partial charge in [-0.05, 0) is 30.2 Å². The Labute approximate surface area is 145 Å². The van der Waals surface area contributed by atoms with E-state index in [1.165, 1.54) is 36.1 Å². The summed E-state index contributed by atoms with van der Waals surface area (Å²) in [6, 6.07) is 12.1. The Morgan fingerprint density at radius 3 is 2.24 bits per heavy atom. The summed E-state index contributed by atoms with van der Waals surface area (Å²) >= 11 is 0. The van der Waals surface area contributed by atoms with Gasteiger partial charge in [0.05, 0.1) is 5.56 Å². The van der Waals surface area contributed by atoms with Crippen LogP contribution in [-0.4, -0.2) is 36.3 Å². The average Bonchev–Trinajstić information content (AvgIpc) is 2.59. The van der Waals surface area contributed by atoms with Crippen LogP contribution in [0.15, 0.2) is 48.5 Å². The number of benzene rings is 2. The molecule has 0 saturated carbocycles.